The van der Waals surface area contributed by atoms with Gasteiger partial charge in [0.15, 0.2) is 0 Å². The number of nitrogens with zero attached hydrogens (tertiary/aromatic N) is 2. The van der Waals surface area contributed by atoms with E-state index in [1.807, 2.05) is 6.07 Å². The minimum Gasteiger partial charge on any atom is -0.264 e. The molecule has 0 fully saturated rings. The molecule has 0 aliphatic carbocycles. The molecule has 5 heteroatoms. The molecule has 0 bridgehead atoms. The molecule has 3 aromatic rings. The van der Waals surface area contributed by atoms with Crippen molar-refractivity contribution >= 4 is 10.0 Å². The smallest absolute Gasteiger partial charge is 0.264 e. The highest BCUT2D eigenvalue weighted by atomic mass is 32.2. The predicted molar refractivity (Wildman–Crippen MR) is 76.7 cm³/mol. The summed E-state index contributed by atoms with van der Waals surface area (Å²) in [6, 6.07) is 15.5. The van der Waals surface area contributed by atoms with E-state index in [0.29, 0.717) is 5.69 Å². The Hall–Kier alpha value is -2.40. The fourth-order valence-corrected chi connectivity index (χ4v) is 3.40. The lowest BCUT2D eigenvalue weighted by Crippen LogP contribution is -2.13. The Labute approximate surface area is 117 Å². The average Bonchev–Trinajstić information content (AvgIpc) is 2.99. The third-order valence-electron chi connectivity index (χ3n) is 2.97. The Kier molecular flexibility index (Phi) is 3.12. The molecule has 0 radical (unpaired) electrons. The van der Waals surface area contributed by atoms with Crippen LogP contribution < -0.4 is 0 Å². The lowest BCUT2D eigenvalue weighted by Gasteiger charge is -2.10. The second-order valence-electron chi connectivity index (χ2n) is 4.25. The number of pyridine rings is 1. The van der Waals surface area contributed by atoms with Gasteiger partial charge in [0.25, 0.3) is 10.0 Å². The molecule has 0 saturated carbocycles. The summed E-state index contributed by atoms with van der Waals surface area (Å²) < 4.78 is 26.5. The third kappa shape index (κ3) is 2.12. The Morgan fingerprint density at radius 2 is 1.70 bits per heavy atom. The van der Waals surface area contributed by atoms with Gasteiger partial charge in [-0.2, -0.15) is 0 Å². The van der Waals surface area contributed by atoms with Gasteiger partial charge in [0.1, 0.15) is 0 Å². The lowest BCUT2D eigenvalue weighted by atomic mass is 10.2. The van der Waals surface area contributed by atoms with Crippen LogP contribution in [0.1, 0.15) is 0 Å². The van der Waals surface area contributed by atoms with Crippen LogP contribution in [0.25, 0.3) is 11.3 Å². The van der Waals surface area contributed by atoms with Gasteiger partial charge in [0.2, 0.25) is 0 Å². The molecule has 0 aliphatic heterocycles. The van der Waals surface area contributed by atoms with E-state index in [1.54, 1.807) is 67.1 Å². The van der Waals surface area contributed by atoms with Crippen molar-refractivity contribution < 1.29 is 8.42 Å². The van der Waals surface area contributed by atoms with Gasteiger partial charge in [-0.05, 0) is 36.4 Å². The topological polar surface area (TPSA) is 52.0 Å². The molecular formula is C15H12N2O2S. The molecule has 2 aromatic heterocycles. The maximum absolute atomic E-state index is 12.6. The second-order valence-corrected chi connectivity index (χ2v) is 6.06. The fraction of sp³-hybridized carbons (Fsp3) is 0. The predicted octanol–water partition coefficient (Wildman–Crippen LogP) is 2.79. The van der Waals surface area contributed by atoms with Crippen molar-refractivity contribution in [1.29, 1.82) is 0 Å². The minimum atomic E-state index is -3.59. The highest BCUT2D eigenvalue weighted by Crippen LogP contribution is 2.24. The van der Waals surface area contributed by atoms with E-state index in [2.05, 4.69) is 4.98 Å². The van der Waals surface area contributed by atoms with E-state index in [9.17, 15) is 8.42 Å². The highest BCUT2D eigenvalue weighted by Gasteiger charge is 2.19. The number of rotatable bonds is 3. The Balaban J connectivity index is 2.16. The van der Waals surface area contributed by atoms with Gasteiger partial charge in [-0.3, -0.25) is 4.98 Å². The molecule has 0 spiro atoms. The van der Waals surface area contributed by atoms with Crippen LogP contribution in [0.2, 0.25) is 0 Å². The second kappa shape index (κ2) is 4.94. The number of hydrogen-bond acceptors (Lipinski definition) is 3. The zero-order chi connectivity index (χ0) is 14.0. The van der Waals surface area contributed by atoms with Gasteiger partial charge >= 0.3 is 0 Å². The zero-order valence-corrected chi connectivity index (χ0v) is 11.4. The summed E-state index contributed by atoms with van der Waals surface area (Å²) in [5.41, 5.74) is 1.36. The molecular weight excluding hydrogens is 272 g/mol. The first-order chi connectivity index (χ1) is 9.69. The standard InChI is InChI=1S/C15H12N2O2S/c18-20(19,14-7-2-1-3-8-14)17-11-5-9-15(17)13-6-4-10-16-12-13/h1-12H. The monoisotopic (exact) mass is 284 g/mol. The number of aromatic nitrogens is 2. The van der Waals surface area contributed by atoms with E-state index >= 15 is 0 Å². The van der Waals surface area contributed by atoms with E-state index in [-0.39, 0.29) is 4.90 Å². The summed E-state index contributed by atoms with van der Waals surface area (Å²) in [5, 5.41) is 0. The van der Waals surface area contributed by atoms with Crippen LogP contribution in [-0.2, 0) is 10.0 Å². The van der Waals surface area contributed by atoms with Gasteiger partial charge in [0.05, 0.1) is 10.6 Å². The zero-order valence-electron chi connectivity index (χ0n) is 10.5. The molecule has 0 unspecified atom stereocenters. The van der Waals surface area contributed by atoms with Gasteiger partial charge in [-0.1, -0.05) is 18.2 Å². The third-order valence-corrected chi connectivity index (χ3v) is 4.67. The molecule has 0 saturated heterocycles. The lowest BCUT2D eigenvalue weighted by molar-refractivity contribution is 0.588. The Morgan fingerprint density at radius 1 is 0.900 bits per heavy atom. The van der Waals surface area contributed by atoms with Crippen molar-refractivity contribution in [3.05, 3.63) is 73.2 Å². The van der Waals surface area contributed by atoms with E-state index in [1.165, 1.54) is 3.97 Å². The Bertz CT molecular complexity index is 809. The summed E-state index contributed by atoms with van der Waals surface area (Å²) in [6.45, 7) is 0. The summed E-state index contributed by atoms with van der Waals surface area (Å²) in [7, 11) is -3.59. The molecule has 0 atom stereocenters. The van der Waals surface area contributed by atoms with Crippen molar-refractivity contribution in [2.75, 3.05) is 0 Å². The molecule has 1 aromatic carbocycles. The summed E-state index contributed by atoms with van der Waals surface area (Å²) in [6.07, 6.45) is 4.85. The van der Waals surface area contributed by atoms with Crippen LogP contribution in [0.15, 0.2) is 78.1 Å². The highest BCUT2D eigenvalue weighted by molar-refractivity contribution is 7.90. The first-order valence-electron chi connectivity index (χ1n) is 6.08. The first kappa shape index (κ1) is 12.6. The van der Waals surface area contributed by atoms with Gasteiger partial charge in [-0.25, -0.2) is 12.4 Å². The van der Waals surface area contributed by atoms with Crippen LogP contribution in [-0.4, -0.2) is 17.4 Å². The van der Waals surface area contributed by atoms with Crippen molar-refractivity contribution in [3.63, 3.8) is 0 Å². The summed E-state index contributed by atoms with van der Waals surface area (Å²) in [5.74, 6) is 0. The van der Waals surface area contributed by atoms with Crippen LogP contribution in [0.5, 0.6) is 0 Å². The van der Waals surface area contributed by atoms with Crippen molar-refractivity contribution in [3.8, 4) is 11.3 Å². The van der Waals surface area contributed by atoms with Crippen LogP contribution in [0.4, 0.5) is 0 Å². The number of benzene rings is 1. The molecule has 20 heavy (non-hydrogen) atoms. The SMILES string of the molecule is O=S(=O)(c1ccccc1)n1cccc1-c1cccnc1. The maximum atomic E-state index is 12.6. The molecule has 3 rings (SSSR count). The van der Waals surface area contributed by atoms with Gasteiger partial charge in [-0.15, -0.1) is 0 Å². The van der Waals surface area contributed by atoms with Gasteiger partial charge in [0, 0.05) is 24.2 Å². The largest absolute Gasteiger partial charge is 0.268 e. The van der Waals surface area contributed by atoms with E-state index in [4.69, 9.17) is 0 Å². The van der Waals surface area contributed by atoms with Crippen LogP contribution in [0, 0.1) is 0 Å². The van der Waals surface area contributed by atoms with E-state index < -0.39 is 10.0 Å². The quantitative estimate of drug-likeness (QED) is 0.743. The maximum Gasteiger partial charge on any atom is 0.268 e. The molecule has 2 heterocycles. The average molecular weight is 284 g/mol. The van der Waals surface area contributed by atoms with Crippen LogP contribution >= 0.6 is 0 Å². The van der Waals surface area contributed by atoms with E-state index in [0.717, 1.165) is 5.56 Å². The normalized spacial score (nSPS) is 11.4. The van der Waals surface area contributed by atoms with Gasteiger partial charge < -0.3 is 0 Å². The van der Waals surface area contributed by atoms with Crippen molar-refractivity contribution in [1.82, 2.24) is 8.96 Å². The molecule has 0 aliphatic rings. The van der Waals surface area contributed by atoms with Crippen molar-refractivity contribution in [2.24, 2.45) is 0 Å². The molecule has 0 N–H and O–H groups in total. The van der Waals surface area contributed by atoms with Crippen LogP contribution in [0.3, 0.4) is 0 Å². The summed E-state index contributed by atoms with van der Waals surface area (Å²) >= 11 is 0. The fourth-order valence-electron chi connectivity index (χ4n) is 2.02. The first-order valence-corrected chi connectivity index (χ1v) is 7.52. The molecule has 0 amide bonds. The summed E-state index contributed by atoms with van der Waals surface area (Å²) in [4.78, 5) is 4.29. The number of hydrogen-bond donors (Lipinski definition) is 0. The van der Waals surface area contributed by atoms with Crippen molar-refractivity contribution in [2.45, 2.75) is 4.90 Å². The minimum absolute atomic E-state index is 0.265. The molecule has 4 nitrogen and oxygen atoms in total. The Morgan fingerprint density at radius 3 is 2.40 bits per heavy atom. The molecule has 100 valence electrons.